The predicted octanol–water partition coefficient (Wildman–Crippen LogP) is 2.05. The van der Waals surface area contributed by atoms with Crippen LogP contribution in [0, 0.1) is 5.82 Å². The molecule has 1 aromatic carbocycles. The van der Waals surface area contributed by atoms with Gasteiger partial charge < -0.3 is 16.5 Å². The Morgan fingerprint density at radius 1 is 1.25 bits per heavy atom. The number of nitrogen functional groups attached to an aromatic ring is 1. The van der Waals surface area contributed by atoms with Gasteiger partial charge in [-0.2, -0.15) is 0 Å². The number of anilines is 1. The summed E-state index contributed by atoms with van der Waals surface area (Å²) in [7, 11) is 0. The van der Waals surface area contributed by atoms with Gasteiger partial charge in [0.05, 0.1) is 5.56 Å². The Hall–Kier alpha value is -2.89. The minimum atomic E-state index is -0.809. The number of carbonyl (C=O) groups is 1. The minimum Gasteiger partial charge on any atom is -0.384 e. The second-order valence-electron chi connectivity index (χ2n) is 4.39. The topological polar surface area (TPSA) is 97.8 Å². The highest BCUT2D eigenvalue weighted by Crippen LogP contribution is 2.30. The molecule has 5 N–H and O–H groups in total. The van der Waals surface area contributed by atoms with Crippen molar-refractivity contribution in [3.8, 4) is 11.1 Å². The number of benzene rings is 1. The number of amides is 1. The van der Waals surface area contributed by atoms with E-state index in [1.165, 1.54) is 12.1 Å². The number of hydrogen-bond acceptors (Lipinski definition) is 3. The number of aromatic nitrogens is 2. The fourth-order valence-corrected chi connectivity index (χ4v) is 2.18. The molecule has 2 aromatic heterocycles. The number of hydrogen-bond donors (Lipinski definition) is 3. The van der Waals surface area contributed by atoms with Crippen molar-refractivity contribution in [1.29, 1.82) is 0 Å². The molecule has 0 bridgehead atoms. The van der Waals surface area contributed by atoms with Gasteiger partial charge in [0.25, 0.3) is 5.91 Å². The molecule has 0 saturated carbocycles. The molecule has 3 aromatic rings. The van der Waals surface area contributed by atoms with E-state index >= 15 is 0 Å². The first-order chi connectivity index (χ1) is 9.56. The van der Waals surface area contributed by atoms with Gasteiger partial charge in [0.15, 0.2) is 0 Å². The van der Waals surface area contributed by atoms with Crippen LogP contribution in [0.3, 0.4) is 0 Å². The Bertz CT molecular complexity index is 825. The lowest BCUT2D eigenvalue weighted by molar-refractivity contribution is 0.0996. The molecular formula is C14H11FN4O. The van der Waals surface area contributed by atoms with Crippen LogP contribution >= 0.6 is 0 Å². The van der Waals surface area contributed by atoms with Crippen molar-refractivity contribution in [3.63, 3.8) is 0 Å². The van der Waals surface area contributed by atoms with Gasteiger partial charge in [-0.3, -0.25) is 4.79 Å². The lowest BCUT2D eigenvalue weighted by atomic mass is 10.0. The molecule has 100 valence electrons. The third-order valence-electron chi connectivity index (χ3n) is 3.09. The van der Waals surface area contributed by atoms with Crippen molar-refractivity contribution in [2.75, 3.05) is 5.73 Å². The second-order valence-corrected chi connectivity index (χ2v) is 4.39. The molecule has 20 heavy (non-hydrogen) atoms. The van der Waals surface area contributed by atoms with Crippen LogP contribution in [0.25, 0.3) is 22.2 Å². The summed E-state index contributed by atoms with van der Waals surface area (Å²) < 4.78 is 13.5. The van der Waals surface area contributed by atoms with E-state index in [2.05, 4.69) is 9.97 Å². The van der Waals surface area contributed by atoms with E-state index in [1.807, 2.05) is 6.07 Å². The normalized spacial score (nSPS) is 10.8. The van der Waals surface area contributed by atoms with E-state index in [0.29, 0.717) is 17.0 Å². The summed E-state index contributed by atoms with van der Waals surface area (Å²) in [5, 5.41) is 0.834. The SMILES string of the molecule is NC(=O)c1cc(-c2cc(N)nc3[nH]ccc23)ccc1F. The Labute approximate surface area is 113 Å². The number of pyridine rings is 1. The van der Waals surface area contributed by atoms with E-state index in [4.69, 9.17) is 11.5 Å². The first kappa shape index (κ1) is 12.2. The lowest BCUT2D eigenvalue weighted by Crippen LogP contribution is -2.13. The van der Waals surface area contributed by atoms with Gasteiger partial charge in [-0.25, -0.2) is 9.37 Å². The van der Waals surface area contributed by atoms with Gasteiger partial charge in [0, 0.05) is 11.6 Å². The molecule has 0 fully saturated rings. The minimum absolute atomic E-state index is 0.151. The smallest absolute Gasteiger partial charge is 0.251 e. The molecular weight excluding hydrogens is 259 g/mol. The predicted molar refractivity (Wildman–Crippen MR) is 74.4 cm³/mol. The Morgan fingerprint density at radius 3 is 2.80 bits per heavy atom. The summed E-state index contributed by atoms with van der Waals surface area (Å²) in [5.41, 5.74) is 12.8. The van der Waals surface area contributed by atoms with E-state index in [1.54, 1.807) is 18.3 Å². The summed E-state index contributed by atoms with van der Waals surface area (Å²) in [6, 6.07) is 7.71. The third kappa shape index (κ3) is 1.87. The number of rotatable bonds is 2. The van der Waals surface area contributed by atoms with Crippen molar-refractivity contribution in [1.82, 2.24) is 9.97 Å². The number of nitrogens with one attached hydrogen (secondary N) is 1. The van der Waals surface area contributed by atoms with Crippen LogP contribution in [-0.4, -0.2) is 15.9 Å². The maximum atomic E-state index is 13.5. The molecule has 6 heteroatoms. The maximum absolute atomic E-state index is 13.5. The average molecular weight is 270 g/mol. The zero-order chi connectivity index (χ0) is 14.3. The van der Waals surface area contributed by atoms with E-state index in [9.17, 15) is 9.18 Å². The van der Waals surface area contributed by atoms with Gasteiger partial charge in [-0.05, 0) is 35.4 Å². The zero-order valence-electron chi connectivity index (χ0n) is 10.4. The molecule has 0 radical (unpaired) electrons. The molecule has 0 aliphatic carbocycles. The highest BCUT2D eigenvalue weighted by atomic mass is 19.1. The monoisotopic (exact) mass is 270 g/mol. The summed E-state index contributed by atoms with van der Waals surface area (Å²) in [5.74, 6) is -1.12. The molecule has 0 unspecified atom stereocenters. The van der Waals surface area contributed by atoms with Crippen molar-refractivity contribution in [2.24, 2.45) is 5.73 Å². The molecule has 0 spiro atoms. The van der Waals surface area contributed by atoms with Crippen LogP contribution in [0.4, 0.5) is 10.2 Å². The van der Waals surface area contributed by atoms with Crippen LogP contribution in [0.15, 0.2) is 36.5 Å². The molecule has 1 amide bonds. The Balaban J connectivity index is 2.28. The quantitative estimate of drug-likeness (QED) is 0.664. The second kappa shape index (κ2) is 4.34. The van der Waals surface area contributed by atoms with Crippen LogP contribution in [0.1, 0.15) is 10.4 Å². The van der Waals surface area contributed by atoms with Crippen molar-refractivity contribution in [2.45, 2.75) is 0 Å². The highest BCUT2D eigenvalue weighted by Gasteiger charge is 2.13. The number of aromatic amines is 1. The fraction of sp³-hybridized carbons (Fsp3) is 0. The molecule has 0 aliphatic heterocycles. The highest BCUT2D eigenvalue weighted by molar-refractivity contribution is 5.98. The third-order valence-corrected chi connectivity index (χ3v) is 3.09. The number of carbonyl (C=O) groups excluding carboxylic acids is 1. The average Bonchev–Trinajstić information content (AvgIpc) is 2.86. The Kier molecular flexibility index (Phi) is 2.64. The lowest BCUT2D eigenvalue weighted by Gasteiger charge is -2.07. The number of primary amides is 1. The summed E-state index contributed by atoms with van der Waals surface area (Å²) in [4.78, 5) is 18.3. The summed E-state index contributed by atoms with van der Waals surface area (Å²) in [6.07, 6.45) is 1.74. The first-order valence-electron chi connectivity index (χ1n) is 5.89. The number of fused-ring (bicyclic) bond motifs is 1. The summed E-state index contributed by atoms with van der Waals surface area (Å²) >= 11 is 0. The van der Waals surface area contributed by atoms with Crippen LogP contribution in [0.5, 0.6) is 0 Å². The fourth-order valence-electron chi connectivity index (χ4n) is 2.18. The molecule has 5 nitrogen and oxygen atoms in total. The molecule has 3 rings (SSSR count). The standard InChI is InChI=1S/C14H11FN4O/c15-11-2-1-7(5-10(11)13(17)20)9-6-12(16)19-14-8(9)3-4-18-14/h1-6H,(H2,17,20)(H3,16,18,19). The van der Waals surface area contributed by atoms with Crippen molar-refractivity contribution >= 4 is 22.8 Å². The molecule has 0 saturated heterocycles. The van der Waals surface area contributed by atoms with Gasteiger partial charge in [0.1, 0.15) is 17.3 Å². The number of nitrogens with zero attached hydrogens (tertiary/aromatic N) is 1. The zero-order valence-corrected chi connectivity index (χ0v) is 10.4. The van der Waals surface area contributed by atoms with Crippen LogP contribution < -0.4 is 11.5 Å². The van der Waals surface area contributed by atoms with E-state index in [0.717, 1.165) is 10.9 Å². The maximum Gasteiger partial charge on any atom is 0.251 e. The van der Waals surface area contributed by atoms with E-state index < -0.39 is 11.7 Å². The van der Waals surface area contributed by atoms with Crippen molar-refractivity contribution in [3.05, 3.63) is 47.9 Å². The molecule has 0 aliphatic rings. The number of H-pyrrole nitrogens is 1. The van der Waals surface area contributed by atoms with Gasteiger partial charge in [0.2, 0.25) is 0 Å². The van der Waals surface area contributed by atoms with E-state index in [-0.39, 0.29) is 5.56 Å². The van der Waals surface area contributed by atoms with Crippen LogP contribution in [0.2, 0.25) is 0 Å². The largest absolute Gasteiger partial charge is 0.384 e. The van der Waals surface area contributed by atoms with Gasteiger partial charge in [-0.1, -0.05) is 6.07 Å². The molecule has 0 atom stereocenters. The number of halogens is 1. The van der Waals surface area contributed by atoms with Gasteiger partial charge >= 0.3 is 0 Å². The summed E-state index contributed by atoms with van der Waals surface area (Å²) in [6.45, 7) is 0. The van der Waals surface area contributed by atoms with Crippen LogP contribution in [-0.2, 0) is 0 Å². The Morgan fingerprint density at radius 2 is 2.05 bits per heavy atom. The van der Waals surface area contributed by atoms with Crippen molar-refractivity contribution < 1.29 is 9.18 Å². The number of nitrogens with two attached hydrogens (primary N) is 2. The molecule has 2 heterocycles. The van der Waals surface area contributed by atoms with Gasteiger partial charge in [-0.15, -0.1) is 0 Å². The first-order valence-corrected chi connectivity index (χ1v) is 5.89.